The number of para-hydroxylation sites is 1. The molecule has 29 heavy (non-hydrogen) atoms. The van der Waals surface area contributed by atoms with E-state index in [2.05, 4.69) is 15.1 Å². The van der Waals surface area contributed by atoms with Crippen LogP contribution in [0.4, 0.5) is 0 Å². The van der Waals surface area contributed by atoms with Crippen molar-refractivity contribution >= 4 is 29.1 Å². The molecule has 1 N–H and O–H groups in total. The number of nitrogens with zero attached hydrogens (tertiary/aromatic N) is 2. The third-order valence-electron chi connectivity index (χ3n) is 5.22. The number of benzene rings is 2. The molecule has 1 aliphatic rings. The Morgan fingerprint density at radius 2 is 1.76 bits per heavy atom. The molecular formula is C22H27Cl2N3O2. The van der Waals surface area contributed by atoms with E-state index in [1.54, 1.807) is 0 Å². The Kier molecular flexibility index (Phi) is 8.19. The summed E-state index contributed by atoms with van der Waals surface area (Å²) in [4.78, 5) is 17.1. The van der Waals surface area contributed by atoms with E-state index in [1.165, 1.54) is 0 Å². The Labute approximate surface area is 182 Å². The number of hydrogen-bond donors (Lipinski definition) is 1. The predicted molar refractivity (Wildman–Crippen MR) is 118 cm³/mol. The Bertz CT molecular complexity index is 793. The summed E-state index contributed by atoms with van der Waals surface area (Å²) in [6.45, 7) is 7.48. The third-order valence-corrected chi connectivity index (χ3v) is 5.78. The van der Waals surface area contributed by atoms with Crippen molar-refractivity contribution in [2.24, 2.45) is 0 Å². The van der Waals surface area contributed by atoms with E-state index in [0.29, 0.717) is 23.2 Å². The zero-order valence-electron chi connectivity index (χ0n) is 16.6. The highest BCUT2D eigenvalue weighted by molar-refractivity contribution is 6.32. The van der Waals surface area contributed by atoms with Crippen LogP contribution in [0.3, 0.4) is 0 Å². The van der Waals surface area contributed by atoms with Crippen LogP contribution in [0.2, 0.25) is 10.0 Å². The largest absolute Gasteiger partial charge is 0.491 e. The Morgan fingerprint density at radius 3 is 2.45 bits per heavy atom. The summed E-state index contributed by atoms with van der Waals surface area (Å²) in [5.41, 5.74) is 1.04. The van der Waals surface area contributed by atoms with Crippen molar-refractivity contribution in [2.45, 2.75) is 19.5 Å². The van der Waals surface area contributed by atoms with Gasteiger partial charge in [0, 0.05) is 44.3 Å². The summed E-state index contributed by atoms with van der Waals surface area (Å²) >= 11 is 12.0. The normalized spacial score (nSPS) is 16.4. The van der Waals surface area contributed by atoms with Gasteiger partial charge in [-0.2, -0.15) is 0 Å². The van der Waals surface area contributed by atoms with Crippen molar-refractivity contribution in [3.8, 4) is 5.75 Å². The monoisotopic (exact) mass is 435 g/mol. The minimum atomic E-state index is -0.149. The Hall–Kier alpha value is -1.79. The second-order valence-corrected chi connectivity index (χ2v) is 8.02. The van der Waals surface area contributed by atoms with Gasteiger partial charge in [-0.05, 0) is 36.8 Å². The first-order chi connectivity index (χ1) is 14.0. The van der Waals surface area contributed by atoms with Crippen LogP contribution in [0, 0.1) is 0 Å². The van der Waals surface area contributed by atoms with Gasteiger partial charge in [0.15, 0.2) is 0 Å². The van der Waals surface area contributed by atoms with Gasteiger partial charge in [-0.15, -0.1) is 0 Å². The van der Waals surface area contributed by atoms with Crippen molar-refractivity contribution in [3.05, 3.63) is 64.1 Å². The van der Waals surface area contributed by atoms with Gasteiger partial charge in [-0.1, -0.05) is 47.5 Å². The van der Waals surface area contributed by atoms with Crippen LogP contribution in [0.15, 0.2) is 48.5 Å². The van der Waals surface area contributed by atoms with Gasteiger partial charge in [-0.25, -0.2) is 0 Å². The molecule has 0 aliphatic carbocycles. The average Bonchev–Trinajstić information content (AvgIpc) is 2.74. The number of nitrogens with one attached hydrogen (secondary N) is 1. The van der Waals surface area contributed by atoms with Crippen LogP contribution in [-0.4, -0.2) is 61.1 Å². The molecule has 1 heterocycles. The molecule has 0 bridgehead atoms. The highest BCUT2D eigenvalue weighted by atomic mass is 35.5. The predicted octanol–water partition coefficient (Wildman–Crippen LogP) is 3.69. The van der Waals surface area contributed by atoms with Crippen LogP contribution in [0.5, 0.6) is 5.75 Å². The molecule has 1 aliphatic heterocycles. The number of rotatable bonds is 8. The summed E-state index contributed by atoms with van der Waals surface area (Å²) in [5.74, 6) is 0.772. The van der Waals surface area contributed by atoms with Crippen molar-refractivity contribution < 1.29 is 9.53 Å². The number of ether oxygens (including phenoxy) is 1. The molecule has 1 amide bonds. The van der Waals surface area contributed by atoms with E-state index in [-0.39, 0.29) is 11.9 Å². The number of halogens is 2. The number of amides is 1. The summed E-state index contributed by atoms with van der Waals surface area (Å²) in [6, 6.07) is 14.9. The highest BCUT2D eigenvalue weighted by Crippen LogP contribution is 2.23. The summed E-state index contributed by atoms with van der Waals surface area (Å²) in [6.07, 6.45) is 0. The smallest absolute Gasteiger partial charge is 0.237 e. The molecule has 3 rings (SSSR count). The molecule has 5 nitrogen and oxygen atoms in total. The number of carbonyl (C=O) groups is 1. The lowest BCUT2D eigenvalue weighted by atomic mass is 10.2. The maximum Gasteiger partial charge on any atom is 0.237 e. The summed E-state index contributed by atoms with van der Waals surface area (Å²) in [5, 5.41) is 4.35. The molecule has 0 aromatic heterocycles. The third kappa shape index (κ3) is 6.61. The van der Waals surface area contributed by atoms with Crippen molar-refractivity contribution in [2.75, 3.05) is 39.3 Å². The van der Waals surface area contributed by atoms with Crippen LogP contribution >= 0.6 is 23.2 Å². The molecule has 7 heteroatoms. The lowest BCUT2D eigenvalue weighted by molar-refractivity contribution is -0.126. The van der Waals surface area contributed by atoms with E-state index in [0.717, 1.165) is 44.0 Å². The van der Waals surface area contributed by atoms with E-state index in [1.807, 2.05) is 55.5 Å². The van der Waals surface area contributed by atoms with E-state index < -0.39 is 0 Å². The molecule has 1 fully saturated rings. The van der Waals surface area contributed by atoms with E-state index >= 15 is 0 Å². The molecule has 0 spiro atoms. The lowest BCUT2D eigenvalue weighted by Gasteiger charge is -2.37. The van der Waals surface area contributed by atoms with Crippen LogP contribution in [0.25, 0.3) is 0 Å². The van der Waals surface area contributed by atoms with Gasteiger partial charge in [0.2, 0.25) is 5.91 Å². The number of carbonyl (C=O) groups excluding carboxylic acids is 1. The van der Waals surface area contributed by atoms with E-state index in [4.69, 9.17) is 27.9 Å². The van der Waals surface area contributed by atoms with Gasteiger partial charge in [0.25, 0.3) is 0 Å². The second kappa shape index (κ2) is 10.8. The minimum absolute atomic E-state index is 0.0513. The van der Waals surface area contributed by atoms with Gasteiger partial charge in [-0.3, -0.25) is 14.6 Å². The van der Waals surface area contributed by atoms with Gasteiger partial charge >= 0.3 is 0 Å². The lowest BCUT2D eigenvalue weighted by Crippen LogP contribution is -2.54. The van der Waals surface area contributed by atoms with Crippen LogP contribution < -0.4 is 10.1 Å². The first-order valence-electron chi connectivity index (χ1n) is 9.89. The number of piperazine rings is 1. The quantitative estimate of drug-likeness (QED) is 0.686. The zero-order valence-corrected chi connectivity index (χ0v) is 18.1. The fourth-order valence-corrected chi connectivity index (χ4v) is 3.64. The Balaban J connectivity index is 1.36. The zero-order chi connectivity index (χ0) is 20.6. The first kappa shape index (κ1) is 21.9. The fraction of sp³-hybridized carbons (Fsp3) is 0.409. The number of hydrogen-bond acceptors (Lipinski definition) is 4. The van der Waals surface area contributed by atoms with Gasteiger partial charge in [0.1, 0.15) is 12.4 Å². The molecule has 1 saturated heterocycles. The molecule has 2 aromatic rings. The molecular weight excluding hydrogens is 409 g/mol. The molecule has 2 aromatic carbocycles. The van der Waals surface area contributed by atoms with Crippen molar-refractivity contribution in [1.29, 1.82) is 0 Å². The summed E-state index contributed by atoms with van der Waals surface area (Å²) < 4.78 is 5.77. The average molecular weight is 436 g/mol. The second-order valence-electron chi connectivity index (χ2n) is 7.18. The topological polar surface area (TPSA) is 44.8 Å². The SMILES string of the molecule is CC(C(=O)NCc1ccc(Cl)cc1)N1CCN(CCOc2ccccc2Cl)CC1. The van der Waals surface area contributed by atoms with Crippen LogP contribution in [0.1, 0.15) is 12.5 Å². The maximum atomic E-state index is 12.5. The Morgan fingerprint density at radius 1 is 1.07 bits per heavy atom. The maximum absolute atomic E-state index is 12.5. The van der Waals surface area contributed by atoms with Crippen molar-refractivity contribution in [1.82, 2.24) is 15.1 Å². The molecule has 1 atom stereocenters. The first-order valence-corrected chi connectivity index (χ1v) is 10.6. The minimum Gasteiger partial charge on any atom is -0.491 e. The molecule has 0 radical (unpaired) electrons. The van der Waals surface area contributed by atoms with Crippen molar-refractivity contribution in [3.63, 3.8) is 0 Å². The standard InChI is InChI=1S/C22H27Cl2N3O2/c1-17(22(28)25-16-18-6-8-19(23)9-7-18)27-12-10-26(11-13-27)14-15-29-21-5-3-2-4-20(21)24/h2-9,17H,10-16H2,1H3,(H,25,28). The molecule has 0 saturated carbocycles. The van der Waals surface area contributed by atoms with E-state index in [9.17, 15) is 4.79 Å². The molecule has 156 valence electrons. The fourth-order valence-electron chi connectivity index (χ4n) is 3.33. The van der Waals surface area contributed by atoms with Gasteiger partial charge in [0.05, 0.1) is 11.1 Å². The highest BCUT2D eigenvalue weighted by Gasteiger charge is 2.25. The molecule has 1 unspecified atom stereocenters. The van der Waals surface area contributed by atoms with Gasteiger partial charge < -0.3 is 10.1 Å². The van der Waals surface area contributed by atoms with Crippen LogP contribution in [-0.2, 0) is 11.3 Å². The summed E-state index contributed by atoms with van der Waals surface area (Å²) in [7, 11) is 0.